The summed E-state index contributed by atoms with van der Waals surface area (Å²) in [4.78, 5) is 17.7. The topological polar surface area (TPSA) is 56.5 Å². The van der Waals surface area contributed by atoms with Gasteiger partial charge in [-0.15, -0.1) is 5.10 Å². The summed E-state index contributed by atoms with van der Waals surface area (Å²) in [5.74, 6) is 1.34. The van der Waals surface area contributed by atoms with Gasteiger partial charge in [0.1, 0.15) is 5.75 Å². The molecule has 26 heavy (non-hydrogen) atoms. The number of fused-ring (bicyclic) bond motifs is 1. The van der Waals surface area contributed by atoms with Crippen molar-refractivity contribution in [2.24, 2.45) is 0 Å². The predicted octanol–water partition coefficient (Wildman–Crippen LogP) is 3.07. The second kappa shape index (κ2) is 6.72. The molecule has 0 radical (unpaired) electrons. The van der Waals surface area contributed by atoms with E-state index in [1.807, 2.05) is 68.5 Å². The summed E-state index contributed by atoms with van der Waals surface area (Å²) in [5, 5.41) is 4.38. The molecule has 0 bridgehead atoms. The highest BCUT2D eigenvalue weighted by molar-refractivity contribution is 7.15. The van der Waals surface area contributed by atoms with Gasteiger partial charge in [-0.05, 0) is 49.8 Å². The van der Waals surface area contributed by atoms with Gasteiger partial charge < -0.3 is 4.74 Å². The van der Waals surface area contributed by atoms with Crippen LogP contribution in [0.15, 0.2) is 53.3 Å². The maximum atomic E-state index is 12.6. The Hall–Kier alpha value is -2.99. The summed E-state index contributed by atoms with van der Waals surface area (Å²) in [5.41, 5.74) is 2.89. The van der Waals surface area contributed by atoms with E-state index in [2.05, 4.69) is 10.1 Å². The summed E-state index contributed by atoms with van der Waals surface area (Å²) in [6.45, 7) is 4.60. The number of thiazole rings is 1. The maximum Gasteiger partial charge on any atom is 0.291 e. The van der Waals surface area contributed by atoms with E-state index in [-0.39, 0.29) is 5.56 Å². The fourth-order valence-electron chi connectivity index (χ4n) is 2.64. The minimum Gasteiger partial charge on any atom is -0.494 e. The summed E-state index contributed by atoms with van der Waals surface area (Å²) in [6, 6.07) is 15.6. The molecule has 0 unspecified atom stereocenters. The van der Waals surface area contributed by atoms with E-state index in [0.29, 0.717) is 21.9 Å². The minimum atomic E-state index is -0.143. The molecular formula is C20H17N3O2S. The van der Waals surface area contributed by atoms with Gasteiger partial charge in [0.05, 0.1) is 11.1 Å². The Morgan fingerprint density at radius 1 is 1.12 bits per heavy atom. The first-order chi connectivity index (χ1) is 12.6. The number of nitrogens with zero attached hydrogens (tertiary/aromatic N) is 3. The molecule has 0 saturated carbocycles. The van der Waals surface area contributed by atoms with E-state index >= 15 is 0 Å². The van der Waals surface area contributed by atoms with Crippen LogP contribution in [0.1, 0.15) is 18.1 Å². The molecular weight excluding hydrogens is 346 g/mol. The number of hydrogen-bond donors (Lipinski definition) is 0. The summed E-state index contributed by atoms with van der Waals surface area (Å²) < 4.78 is 7.44. The van der Waals surface area contributed by atoms with Crippen molar-refractivity contribution in [3.05, 3.63) is 74.5 Å². The van der Waals surface area contributed by atoms with Crippen molar-refractivity contribution >= 4 is 22.4 Å². The molecule has 130 valence electrons. The largest absolute Gasteiger partial charge is 0.494 e. The van der Waals surface area contributed by atoms with E-state index in [1.54, 1.807) is 0 Å². The van der Waals surface area contributed by atoms with E-state index < -0.39 is 0 Å². The number of rotatable bonds is 4. The molecule has 0 N–H and O–H groups in total. The highest BCUT2D eigenvalue weighted by Gasteiger charge is 2.12. The van der Waals surface area contributed by atoms with Gasteiger partial charge in [0.25, 0.3) is 5.56 Å². The average Bonchev–Trinajstić information content (AvgIpc) is 3.18. The SMILES string of the molecule is CCOc1ccc(-c2nc3s/c(=C/c4ccc(C)cc4)c(=O)n3n2)cc1. The molecule has 0 spiro atoms. The molecule has 0 amide bonds. The highest BCUT2D eigenvalue weighted by atomic mass is 32.1. The van der Waals surface area contributed by atoms with Gasteiger partial charge in [-0.1, -0.05) is 41.2 Å². The number of aromatic nitrogens is 3. The zero-order valence-electron chi connectivity index (χ0n) is 14.5. The van der Waals surface area contributed by atoms with Crippen LogP contribution in [0.25, 0.3) is 22.4 Å². The quantitative estimate of drug-likeness (QED) is 0.559. The van der Waals surface area contributed by atoms with Crippen LogP contribution in [-0.2, 0) is 0 Å². The Morgan fingerprint density at radius 2 is 1.85 bits per heavy atom. The van der Waals surface area contributed by atoms with Crippen LogP contribution >= 0.6 is 11.3 Å². The summed E-state index contributed by atoms with van der Waals surface area (Å²) in [7, 11) is 0. The predicted molar refractivity (Wildman–Crippen MR) is 104 cm³/mol. The van der Waals surface area contributed by atoms with Gasteiger partial charge >= 0.3 is 0 Å². The van der Waals surface area contributed by atoms with E-state index in [0.717, 1.165) is 16.9 Å². The van der Waals surface area contributed by atoms with Gasteiger partial charge in [-0.25, -0.2) is 0 Å². The average molecular weight is 363 g/mol. The van der Waals surface area contributed by atoms with Gasteiger partial charge in [0.15, 0.2) is 5.82 Å². The first kappa shape index (κ1) is 16.5. The van der Waals surface area contributed by atoms with Crippen molar-refractivity contribution < 1.29 is 4.74 Å². The Balaban J connectivity index is 1.71. The molecule has 2 heterocycles. The second-order valence-electron chi connectivity index (χ2n) is 5.91. The highest BCUT2D eigenvalue weighted by Crippen LogP contribution is 2.20. The van der Waals surface area contributed by atoms with Crippen LogP contribution < -0.4 is 14.8 Å². The summed E-state index contributed by atoms with van der Waals surface area (Å²) >= 11 is 1.35. The molecule has 4 aromatic rings. The molecule has 0 fully saturated rings. The molecule has 0 aliphatic carbocycles. The zero-order chi connectivity index (χ0) is 18.1. The standard InChI is InChI=1S/C20H17N3O2S/c1-3-25-16-10-8-15(9-11-16)18-21-20-23(22-18)19(24)17(26-20)12-14-6-4-13(2)5-7-14/h4-12H,3H2,1-2H3/b17-12+. The van der Waals surface area contributed by atoms with Gasteiger partial charge in [-0.2, -0.15) is 9.50 Å². The first-order valence-electron chi connectivity index (χ1n) is 8.35. The first-order valence-corrected chi connectivity index (χ1v) is 9.17. The van der Waals surface area contributed by atoms with Crippen LogP contribution in [0.5, 0.6) is 5.75 Å². The Kier molecular flexibility index (Phi) is 4.26. The monoisotopic (exact) mass is 363 g/mol. The lowest BCUT2D eigenvalue weighted by molar-refractivity contribution is 0.340. The van der Waals surface area contributed by atoms with Gasteiger partial charge in [0.2, 0.25) is 4.96 Å². The normalized spacial score (nSPS) is 12.0. The van der Waals surface area contributed by atoms with Crippen LogP contribution in [-0.4, -0.2) is 21.2 Å². The molecule has 0 aliphatic rings. The van der Waals surface area contributed by atoms with Crippen molar-refractivity contribution in [2.45, 2.75) is 13.8 Å². The van der Waals surface area contributed by atoms with Crippen LogP contribution in [0, 0.1) is 6.92 Å². The van der Waals surface area contributed by atoms with E-state index in [1.165, 1.54) is 21.4 Å². The molecule has 0 saturated heterocycles. The molecule has 0 aliphatic heterocycles. The Morgan fingerprint density at radius 3 is 2.50 bits per heavy atom. The summed E-state index contributed by atoms with van der Waals surface area (Å²) in [6.07, 6.45) is 1.87. The third kappa shape index (κ3) is 3.11. The number of ether oxygens (including phenoxy) is 1. The third-order valence-electron chi connectivity index (χ3n) is 3.98. The van der Waals surface area contributed by atoms with Crippen molar-refractivity contribution in [1.82, 2.24) is 14.6 Å². The molecule has 2 aromatic heterocycles. The van der Waals surface area contributed by atoms with Crippen molar-refractivity contribution in [3.63, 3.8) is 0 Å². The maximum absolute atomic E-state index is 12.6. The Labute approximate surface area is 154 Å². The number of aryl methyl sites for hydroxylation is 1. The molecule has 2 aromatic carbocycles. The van der Waals surface area contributed by atoms with Crippen LogP contribution in [0.2, 0.25) is 0 Å². The van der Waals surface area contributed by atoms with Crippen LogP contribution in [0.4, 0.5) is 0 Å². The van der Waals surface area contributed by atoms with E-state index in [9.17, 15) is 4.79 Å². The number of benzene rings is 2. The smallest absolute Gasteiger partial charge is 0.291 e. The Bertz CT molecular complexity index is 1160. The fraction of sp³-hybridized carbons (Fsp3) is 0.150. The lowest BCUT2D eigenvalue weighted by Gasteiger charge is -2.02. The molecule has 0 atom stereocenters. The zero-order valence-corrected chi connectivity index (χ0v) is 15.3. The van der Waals surface area contributed by atoms with Gasteiger partial charge in [-0.3, -0.25) is 4.79 Å². The van der Waals surface area contributed by atoms with Crippen LogP contribution in [0.3, 0.4) is 0 Å². The third-order valence-corrected chi connectivity index (χ3v) is 4.94. The van der Waals surface area contributed by atoms with Crippen molar-refractivity contribution in [3.8, 4) is 17.1 Å². The molecule has 6 heteroatoms. The van der Waals surface area contributed by atoms with Gasteiger partial charge in [0, 0.05) is 5.56 Å². The molecule has 4 rings (SSSR count). The van der Waals surface area contributed by atoms with Crippen molar-refractivity contribution in [2.75, 3.05) is 6.61 Å². The second-order valence-corrected chi connectivity index (χ2v) is 6.92. The lowest BCUT2D eigenvalue weighted by atomic mass is 10.1. The number of hydrogen-bond acceptors (Lipinski definition) is 5. The minimum absolute atomic E-state index is 0.143. The molecule has 5 nitrogen and oxygen atoms in total. The lowest BCUT2D eigenvalue weighted by Crippen LogP contribution is -2.23. The van der Waals surface area contributed by atoms with Crippen molar-refractivity contribution in [1.29, 1.82) is 0 Å². The van der Waals surface area contributed by atoms with E-state index in [4.69, 9.17) is 4.74 Å². The fourth-order valence-corrected chi connectivity index (χ4v) is 3.54.